The quantitative estimate of drug-likeness (QED) is 0.694. The van der Waals surface area contributed by atoms with Gasteiger partial charge in [0.25, 0.3) is 0 Å². The zero-order chi connectivity index (χ0) is 6.69. The van der Waals surface area contributed by atoms with Crippen molar-refractivity contribution in [2.45, 2.75) is 0 Å². The number of carbonyl (C=O) groups excluding carboxylic acids is 1. The molecule has 10 heavy (non-hydrogen) atoms. The van der Waals surface area contributed by atoms with E-state index < -0.39 is 0 Å². The van der Waals surface area contributed by atoms with Crippen molar-refractivity contribution >= 4 is 29.6 Å². The first-order chi connectivity index (χ1) is 4.30. The first-order valence-corrected chi connectivity index (χ1v) is 2.65. The molecule has 54 valence electrons. The fraction of sp³-hybridized carbons (Fsp3) is 0. The van der Waals surface area contributed by atoms with Gasteiger partial charge in [0.05, 0.1) is 0 Å². The van der Waals surface area contributed by atoms with Crippen LogP contribution in [0.5, 0.6) is 0 Å². The van der Waals surface area contributed by atoms with E-state index in [1.807, 2.05) is 6.07 Å². The van der Waals surface area contributed by atoms with Crippen molar-refractivity contribution in [1.82, 2.24) is 0 Å². The fourth-order valence-electron chi connectivity index (χ4n) is 0.602. The van der Waals surface area contributed by atoms with E-state index in [1.54, 1.807) is 24.3 Å². The molecule has 0 saturated carbocycles. The van der Waals surface area contributed by atoms with Crippen LogP contribution in [-0.2, 0) is 0 Å². The number of benzene rings is 1. The summed E-state index contributed by atoms with van der Waals surface area (Å²) >= 11 is 0. The van der Waals surface area contributed by atoms with E-state index in [0.29, 0.717) is 5.56 Å². The third-order valence-corrected chi connectivity index (χ3v) is 1.06. The number of nitrogens with two attached hydrogens (primary N) is 1. The first-order valence-electron chi connectivity index (χ1n) is 2.65. The Balaban J connectivity index is 0.000000810. The Labute approximate surface area is 76.1 Å². The maximum atomic E-state index is 10.4. The molecular formula is C7H9NOTe. The standard InChI is InChI=1S/C7H7NO.H2Te/c8-7(9)6-4-2-1-3-5-6;/h1-5H,(H2,8,9);1H2. The van der Waals surface area contributed by atoms with Crippen LogP contribution in [0.1, 0.15) is 10.4 Å². The first kappa shape index (κ1) is 9.48. The predicted octanol–water partition coefficient (Wildman–Crippen LogP) is -0.131. The van der Waals surface area contributed by atoms with Crippen LogP contribution < -0.4 is 5.73 Å². The summed E-state index contributed by atoms with van der Waals surface area (Å²) in [6.07, 6.45) is 0. The normalized spacial score (nSPS) is 8.00. The Morgan fingerprint density at radius 2 is 1.70 bits per heavy atom. The van der Waals surface area contributed by atoms with Crippen molar-refractivity contribution in [2.75, 3.05) is 0 Å². The SMILES string of the molecule is NC(=O)c1ccccc1.[TeH2]. The van der Waals surface area contributed by atoms with E-state index in [1.165, 1.54) is 0 Å². The molecule has 2 N–H and O–H groups in total. The van der Waals surface area contributed by atoms with Crippen molar-refractivity contribution in [3.8, 4) is 0 Å². The van der Waals surface area contributed by atoms with Crippen LogP contribution >= 0.6 is 0 Å². The van der Waals surface area contributed by atoms with Gasteiger partial charge in [0, 0.05) is 5.56 Å². The average molecular weight is 251 g/mol. The van der Waals surface area contributed by atoms with E-state index in [-0.39, 0.29) is 29.6 Å². The number of rotatable bonds is 1. The number of primary amides is 1. The van der Waals surface area contributed by atoms with Gasteiger partial charge in [-0.25, -0.2) is 0 Å². The molecule has 0 aliphatic carbocycles. The molecule has 0 aliphatic heterocycles. The third-order valence-electron chi connectivity index (χ3n) is 1.06. The van der Waals surface area contributed by atoms with Crippen LogP contribution in [0, 0.1) is 0 Å². The van der Waals surface area contributed by atoms with Gasteiger partial charge >= 0.3 is 23.7 Å². The van der Waals surface area contributed by atoms with Gasteiger partial charge < -0.3 is 5.73 Å². The predicted molar refractivity (Wildman–Crippen MR) is 43.5 cm³/mol. The van der Waals surface area contributed by atoms with Crippen molar-refractivity contribution in [2.24, 2.45) is 5.73 Å². The molecule has 0 saturated heterocycles. The van der Waals surface area contributed by atoms with Crippen molar-refractivity contribution < 1.29 is 4.79 Å². The number of amides is 1. The summed E-state index contributed by atoms with van der Waals surface area (Å²) < 4.78 is 0. The van der Waals surface area contributed by atoms with Crippen LogP contribution in [0.25, 0.3) is 0 Å². The van der Waals surface area contributed by atoms with Crippen LogP contribution in [0.2, 0.25) is 0 Å². The zero-order valence-electron chi connectivity index (χ0n) is 5.37. The van der Waals surface area contributed by atoms with E-state index in [0.717, 1.165) is 0 Å². The molecule has 0 fully saturated rings. The van der Waals surface area contributed by atoms with Gasteiger partial charge in [-0.05, 0) is 12.1 Å². The Morgan fingerprint density at radius 3 is 2.00 bits per heavy atom. The molecule has 1 aromatic rings. The summed E-state index contributed by atoms with van der Waals surface area (Å²) in [5.74, 6) is -0.379. The maximum absolute atomic E-state index is 10.4. The molecule has 0 aliphatic rings. The van der Waals surface area contributed by atoms with Crippen molar-refractivity contribution in [3.63, 3.8) is 0 Å². The molecule has 0 atom stereocenters. The van der Waals surface area contributed by atoms with Crippen LogP contribution in [0.4, 0.5) is 0 Å². The molecule has 2 nitrogen and oxygen atoms in total. The molecule has 1 amide bonds. The molecule has 1 rings (SSSR count). The van der Waals surface area contributed by atoms with E-state index in [9.17, 15) is 4.79 Å². The van der Waals surface area contributed by atoms with E-state index in [2.05, 4.69) is 0 Å². The van der Waals surface area contributed by atoms with Crippen LogP contribution in [-0.4, -0.2) is 29.6 Å². The molecule has 0 unspecified atom stereocenters. The molecule has 0 spiro atoms. The van der Waals surface area contributed by atoms with Gasteiger partial charge in [-0.1, -0.05) is 18.2 Å². The van der Waals surface area contributed by atoms with Gasteiger partial charge in [0.2, 0.25) is 5.91 Å². The topological polar surface area (TPSA) is 43.1 Å². The summed E-state index contributed by atoms with van der Waals surface area (Å²) in [6, 6.07) is 8.76. The summed E-state index contributed by atoms with van der Waals surface area (Å²) in [7, 11) is 0. The Bertz CT molecular complexity index is 210. The Kier molecular flexibility index (Phi) is 4.09. The second-order valence-corrected chi connectivity index (χ2v) is 1.73. The minimum atomic E-state index is -0.379. The monoisotopic (exact) mass is 253 g/mol. The van der Waals surface area contributed by atoms with Gasteiger partial charge in [-0.2, -0.15) is 0 Å². The Hall–Kier alpha value is -0.520. The molecule has 0 aromatic heterocycles. The molecule has 0 heterocycles. The summed E-state index contributed by atoms with van der Waals surface area (Å²) in [4.78, 5) is 10.4. The minimum absolute atomic E-state index is 0. The van der Waals surface area contributed by atoms with Gasteiger partial charge in [-0.15, -0.1) is 0 Å². The molecule has 0 bridgehead atoms. The summed E-state index contributed by atoms with van der Waals surface area (Å²) in [5.41, 5.74) is 5.53. The van der Waals surface area contributed by atoms with Gasteiger partial charge in [0.1, 0.15) is 0 Å². The Morgan fingerprint density at radius 1 is 1.20 bits per heavy atom. The molecule has 3 heteroatoms. The van der Waals surface area contributed by atoms with Crippen LogP contribution in [0.3, 0.4) is 0 Å². The molecular weight excluding hydrogens is 242 g/mol. The van der Waals surface area contributed by atoms with E-state index in [4.69, 9.17) is 5.73 Å². The van der Waals surface area contributed by atoms with Crippen LogP contribution in [0.15, 0.2) is 30.3 Å². The fourth-order valence-corrected chi connectivity index (χ4v) is 0.602. The average Bonchev–Trinajstić information content (AvgIpc) is 1.90. The van der Waals surface area contributed by atoms with E-state index >= 15 is 0 Å². The van der Waals surface area contributed by atoms with Crippen molar-refractivity contribution in [1.29, 1.82) is 0 Å². The summed E-state index contributed by atoms with van der Waals surface area (Å²) in [6.45, 7) is 0. The second-order valence-electron chi connectivity index (χ2n) is 1.73. The molecule has 1 aromatic carbocycles. The van der Waals surface area contributed by atoms with Crippen molar-refractivity contribution in [3.05, 3.63) is 35.9 Å². The number of hydrogen-bond donors (Lipinski definition) is 1. The van der Waals surface area contributed by atoms with Gasteiger partial charge in [-0.3, -0.25) is 4.79 Å². The second kappa shape index (κ2) is 4.32. The number of hydrogen-bond acceptors (Lipinski definition) is 1. The third kappa shape index (κ3) is 2.38. The van der Waals surface area contributed by atoms with Gasteiger partial charge in [0.15, 0.2) is 0 Å². The molecule has 0 radical (unpaired) electrons. The zero-order valence-corrected chi connectivity index (χ0v) is 8.23. The number of carbonyl (C=O) groups is 1. The summed E-state index contributed by atoms with van der Waals surface area (Å²) in [5, 5.41) is 0.